The van der Waals surface area contributed by atoms with Crippen molar-refractivity contribution in [3.63, 3.8) is 0 Å². The van der Waals surface area contributed by atoms with Gasteiger partial charge in [-0.05, 0) is 20.3 Å². The maximum Gasteiger partial charge on any atom is 0.0538 e. The molecule has 0 saturated heterocycles. The van der Waals surface area contributed by atoms with Gasteiger partial charge in [0.05, 0.1) is 13.2 Å². The number of hydrogen-bond acceptors (Lipinski definition) is 3. The van der Waals surface area contributed by atoms with E-state index in [2.05, 4.69) is 13.8 Å². The lowest BCUT2D eigenvalue weighted by Gasteiger charge is -2.27. The van der Waals surface area contributed by atoms with Crippen molar-refractivity contribution >= 4 is 0 Å². The van der Waals surface area contributed by atoms with Crippen molar-refractivity contribution in [1.82, 2.24) is 0 Å². The average Bonchev–Trinajstić information content (AvgIpc) is 2.20. The van der Waals surface area contributed by atoms with Crippen LogP contribution in [0.15, 0.2) is 0 Å². The van der Waals surface area contributed by atoms with Crippen LogP contribution in [0.1, 0.15) is 40.5 Å². The van der Waals surface area contributed by atoms with E-state index in [0.717, 1.165) is 32.8 Å². The Morgan fingerprint density at radius 3 is 1.50 bits per heavy atom. The maximum absolute atomic E-state index is 5.13. The van der Waals surface area contributed by atoms with Gasteiger partial charge in [0.25, 0.3) is 0 Å². The summed E-state index contributed by atoms with van der Waals surface area (Å²) >= 11 is 0. The molecule has 16 heavy (non-hydrogen) atoms. The van der Waals surface area contributed by atoms with E-state index in [1.807, 2.05) is 13.8 Å². The van der Waals surface area contributed by atoms with E-state index in [0.29, 0.717) is 0 Å². The average molecular weight is 234 g/mol. The van der Waals surface area contributed by atoms with Crippen molar-refractivity contribution in [2.45, 2.75) is 40.5 Å². The van der Waals surface area contributed by atoms with E-state index >= 15 is 0 Å². The standard InChI is InChI=1S/C9H20O2.C4H10O/c1-5-6-9(2,7-10-3)8-11-4;1-3-5-4-2/h5-8H2,1-4H3;3-4H2,1-2H3. The van der Waals surface area contributed by atoms with Crippen LogP contribution in [0.5, 0.6) is 0 Å². The monoisotopic (exact) mass is 234 g/mol. The van der Waals surface area contributed by atoms with Crippen molar-refractivity contribution in [2.75, 3.05) is 40.6 Å². The summed E-state index contributed by atoms with van der Waals surface area (Å²) in [6, 6.07) is 0. The third-order valence-corrected chi connectivity index (χ3v) is 2.25. The molecule has 0 aliphatic rings. The summed E-state index contributed by atoms with van der Waals surface area (Å²) in [5.41, 5.74) is 0.207. The normalized spacial score (nSPS) is 10.9. The minimum Gasteiger partial charge on any atom is -0.384 e. The number of methoxy groups -OCH3 is 2. The van der Waals surface area contributed by atoms with Crippen LogP contribution in [0, 0.1) is 5.41 Å². The zero-order valence-corrected chi connectivity index (χ0v) is 12.0. The minimum atomic E-state index is 0.207. The first kappa shape index (κ1) is 18.3. The predicted molar refractivity (Wildman–Crippen MR) is 68.9 cm³/mol. The number of rotatable bonds is 8. The third-order valence-electron chi connectivity index (χ3n) is 2.25. The second kappa shape index (κ2) is 12.9. The van der Waals surface area contributed by atoms with E-state index < -0.39 is 0 Å². The molecule has 3 heteroatoms. The Balaban J connectivity index is 0. The Hall–Kier alpha value is -0.120. The first-order chi connectivity index (χ1) is 7.60. The van der Waals surface area contributed by atoms with Gasteiger partial charge in [-0.15, -0.1) is 0 Å². The van der Waals surface area contributed by atoms with Gasteiger partial charge in [-0.3, -0.25) is 0 Å². The zero-order valence-electron chi connectivity index (χ0n) is 12.0. The van der Waals surface area contributed by atoms with Crippen LogP contribution in [-0.4, -0.2) is 40.6 Å². The summed E-state index contributed by atoms with van der Waals surface area (Å²) in [6.45, 7) is 11.6. The van der Waals surface area contributed by atoms with Crippen LogP contribution in [0.3, 0.4) is 0 Å². The molecule has 0 spiro atoms. The molecule has 0 aliphatic heterocycles. The molecule has 0 amide bonds. The van der Waals surface area contributed by atoms with Gasteiger partial charge in [0.2, 0.25) is 0 Å². The molecular formula is C13H30O3. The Morgan fingerprint density at radius 1 is 0.875 bits per heavy atom. The lowest BCUT2D eigenvalue weighted by molar-refractivity contribution is 0.0163. The van der Waals surface area contributed by atoms with E-state index in [1.54, 1.807) is 14.2 Å². The van der Waals surface area contributed by atoms with E-state index in [4.69, 9.17) is 14.2 Å². The van der Waals surface area contributed by atoms with E-state index in [-0.39, 0.29) is 5.41 Å². The smallest absolute Gasteiger partial charge is 0.0538 e. The van der Waals surface area contributed by atoms with Crippen molar-refractivity contribution in [1.29, 1.82) is 0 Å². The molecule has 0 atom stereocenters. The fourth-order valence-electron chi connectivity index (χ4n) is 1.69. The molecule has 0 aromatic rings. The molecule has 0 aliphatic carbocycles. The second-order valence-corrected chi connectivity index (χ2v) is 4.21. The first-order valence-electron chi connectivity index (χ1n) is 6.15. The highest BCUT2D eigenvalue weighted by Crippen LogP contribution is 2.23. The molecule has 0 heterocycles. The quantitative estimate of drug-likeness (QED) is 0.646. The Labute approximate surface area is 101 Å². The van der Waals surface area contributed by atoms with Gasteiger partial charge >= 0.3 is 0 Å². The predicted octanol–water partition coefficient (Wildman–Crippen LogP) is 3.13. The van der Waals surface area contributed by atoms with Gasteiger partial charge in [0.15, 0.2) is 0 Å². The highest BCUT2D eigenvalue weighted by Gasteiger charge is 2.22. The summed E-state index contributed by atoms with van der Waals surface area (Å²) in [6.07, 6.45) is 2.35. The fraction of sp³-hybridized carbons (Fsp3) is 1.00. The summed E-state index contributed by atoms with van der Waals surface area (Å²) in [7, 11) is 3.48. The Bertz CT molecular complexity index is 107. The summed E-state index contributed by atoms with van der Waals surface area (Å²) in [5, 5.41) is 0. The van der Waals surface area contributed by atoms with Crippen molar-refractivity contribution in [3.8, 4) is 0 Å². The van der Waals surface area contributed by atoms with E-state index in [1.165, 1.54) is 6.42 Å². The Kier molecular flexibility index (Phi) is 14.8. The largest absolute Gasteiger partial charge is 0.384 e. The lowest BCUT2D eigenvalue weighted by Crippen LogP contribution is -2.27. The molecular weight excluding hydrogens is 204 g/mol. The lowest BCUT2D eigenvalue weighted by atomic mass is 9.87. The topological polar surface area (TPSA) is 27.7 Å². The molecule has 0 aromatic carbocycles. The molecule has 0 saturated carbocycles. The van der Waals surface area contributed by atoms with Gasteiger partial charge in [-0.1, -0.05) is 20.3 Å². The van der Waals surface area contributed by atoms with Crippen LogP contribution >= 0.6 is 0 Å². The highest BCUT2D eigenvalue weighted by molar-refractivity contribution is 4.72. The second-order valence-electron chi connectivity index (χ2n) is 4.21. The summed E-state index contributed by atoms with van der Waals surface area (Å²) in [5.74, 6) is 0. The molecule has 0 unspecified atom stereocenters. The summed E-state index contributed by atoms with van der Waals surface area (Å²) in [4.78, 5) is 0. The molecule has 0 N–H and O–H groups in total. The highest BCUT2D eigenvalue weighted by atomic mass is 16.5. The first-order valence-corrected chi connectivity index (χ1v) is 6.15. The van der Waals surface area contributed by atoms with Crippen molar-refractivity contribution in [2.24, 2.45) is 5.41 Å². The molecule has 0 bridgehead atoms. The van der Waals surface area contributed by atoms with Crippen LogP contribution in [0.4, 0.5) is 0 Å². The van der Waals surface area contributed by atoms with Crippen molar-refractivity contribution < 1.29 is 14.2 Å². The summed E-state index contributed by atoms with van der Waals surface area (Å²) < 4.78 is 15.1. The van der Waals surface area contributed by atoms with Gasteiger partial charge < -0.3 is 14.2 Å². The fourth-order valence-corrected chi connectivity index (χ4v) is 1.69. The number of hydrogen-bond donors (Lipinski definition) is 0. The van der Waals surface area contributed by atoms with Gasteiger partial charge in [0.1, 0.15) is 0 Å². The molecule has 3 nitrogen and oxygen atoms in total. The van der Waals surface area contributed by atoms with Gasteiger partial charge in [-0.25, -0.2) is 0 Å². The van der Waals surface area contributed by atoms with E-state index in [9.17, 15) is 0 Å². The van der Waals surface area contributed by atoms with Gasteiger partial charge in [0, 0.05) is 32.8 Å². The maximum atomic E-state index is 5.13. The molecule has 100 valence electrons. The third kappa shape index (κ3) is 12.0. The molecule has 0 fully saturated rings. The zero-order chi connectivity index (χ0) is 12.9. The molecule has 0 rings (SSSR count). The Morgan fingerprint density at radius 2 is 1.31 bits per heavy atom. The van der Waals surface area contributed by atoms with Crippen molar-refractivity contribution in [3.05, 3.63) is 0 Å². The van der Waals surface area contributed by atoms with Crippen LogP contribution in [0.25, 0.3) is 0 Å². The molecule has 0 radical (unpaired) electrons. The van der Waals surface area contributed by atoms with Crippen LogP contribution < -0.4 is 0 Å². The number of ether oxygens (including phenoxy) is 3. The van der Waals surface area contributed by atoms with Gasteiger partial charge in [-0.2, -0.15) is 0 Å². The minimum absolute atomic E-state index is 0.207. The SMILES string of the molecule is CCCC(C)(COC)COC.CCOCC. The van der Waals surface area contributed by atoms with Crippen LogP contribution in [-0.2, 0) is 14.2 Å². The van der Waals surface area contributed by atoms with Crippen LogP contribution in [0.2, 0.25) is 0 Å². The molecule has 0 aromatic heterocycles.